The molecule has 0 N–H and O–H groups in total. The maximum Gasteiger partial charge on any atom is 0.256 e. The fraction of sp³-hybridized carbons (Fsp3) is 0.235. The van der Waals surface area contributed by atoms with Crippen molar-refractivity contribution in [2.45, 2.75) is 0 Å². The second-order valence-corrected chi connectivity index (χ2v) is 6.26. The van der Waals surface area contributed by atoms with Crippen LogP contribution in [0.15, 0.2) is 36.5 Å². The zero-order chi connectivity index (χ0) is 17.2. The number of rotatable bonds is 2. The Morgan fingerprint density at radius 3 is 2.68 bits per heavy atom. The lowest BCUT2D eigenvalue weighted by atomic mass is 10.1. The van der Waals surface area contributed by atoms with Crippen LogP contribution in [0.1, 0.15) is 15.9 Å². The molecule has 0 bridgehead atoms. The lowest BCUT2D eigenvalue weighted by molar-refractivity contribution is 0.0748. The molecule has 124 valence electrons. The Morgan fingerprint density at radius 2 is 1.96 bits per heavy atom. The van der Waals surface area contributed by atoms with Crippen molar-refractivity contribution in [2.24, 2.45) is 0 Å². The predicted molar refractivity (Wildman–Crippen MR) is 94.5 cm³/mol. The van der Waals surface area contributed by atoms with E-state index in [-0.39, 0.29) is 5.91 Å². The van der Waals surface area contributed by atoms with Crippen molar-refractivity contribution in [2.75, 3.05) is 31.1 Å². The topological polar surface area (TPSA) is 86.0 Å². The molecule has 3 aromatic rings. The Morgan fingerprint density at radius 1 is 1.12 bits per heavy atom. The second kappa shape index (κ2) is 6.45. The average molecular weight is 350 g/mol. The fourth-order valence-electron chi connectivity index (χ4n) is 2.93. The zero-order valence-corrected chi connectivity index (χ0v) is 14.1. The van der Waals surface area contributed by atoms with Crippen LogP contribution in [-0.2, 0) is 0 Å². The number of piperazine rings is 1. The number of nitriles is 1. The van der Waals surface area contributed by atoms with E-state index < -0.39 is 0 Å². The smallest absolute Gasteiger partial charge is 0.256 e. The van der Waals surface area contributed by atoms with Crippen LogP contribution in [0.5, 0.6) is 0 Å². The summed E-state index contributed by atoms with van der Waals surface area (Å²) >= 11 is 1.12. The van der Waals surface area contributed by atoms with Crippen molar-refractivity contribution >= 4 is 34.5 Å². The molecule has 1 fully saturated rings. The molecule has 0 spiro atoms. The number of fused-ring (bicyclic) bond motifs is 1. The number of aromatic nitrogens is 3. The van der Waals surface area contributed by atoms with E-state index in [1.165, 1.54) is 0 Å². The van der Waals surface area contributed by atoms with Crippen molar-refractivity contribution in [1.29, 1.82) is 5.26 Å². The molecule has 1 aliphatic rings. The highest BCUT2D eigenvalue weighted by Crippen LogP contribution is 2.20. The summed E-state index contributed by atoms with van der Waals surface area (Å²) in [5.41, 5.74) is 2.59. The minimum atomic E-state index is -0.00858. The molecule has 7 nitrogen and oxygen atoms in total. The highest BCUT2D eigenvalue weighted by atomic mass is 32.1. The number of anilines is 1. The Bertz CT molecular complexity index is 953. The van der Waals surface area contributed by atoms with Crippen molar-refractivity contribution in [3.05, 3.63) is 47.7 Å². The first-order valence-corrected chi connectivity index (χ1v) is 8.61. The van der Waals surface area contributed by atoms with Crippen LogP contribution >= 0.6 is 11.7 Å². The van der Waals surface area contributed by atoms with Gasteiger partial charge in [0.05, 0.1) is 22.9 Å². The Kier molecular flexibility index (Phi) is 3.99. The lowest BCUT2D eigenvalue weighted by Gasteiger charge is -2.35. The van der Waals surface area contributed by atoms with Gasteiger partial charge in [-0.1, -0.05) is 6.07 Å². The lowest BCUT2D eigenvalue weighted by Crippen LogP contribution is -2.49. The Balaban J connectivity index is 1.47. The molecule has 4 rings (SSSR count). The highest BCUT2D eigenvalue weighted by molar-refractivity contribution is 7.00. The third-order valence-corrected chi connectivity index (χ3v) is 4.83. The van der Waals surface area contributed by atoms with E-state index >= 15 is 0 Å². The van der Waals surface area contributed by atoms with E-state index in [0.29, 0.717) is 42.8 Å². The van der Waals surface area contributed by atoms with Crippen LogP contribution in [0.3, 0.4) is 0 Å². The molecule has 0 atom stereocenters. The molecule has 1 amide bonds. The van der Waals surface area contributed by atoms with Gasteiger partial charge in [0.1, 0.15) is 22.9 Å². The van der Waals surface area contributed by atoms with Gasteiger partial charge in [0.25, 0.3) is 5.91 Å². The molecular formula is C17H14N6OS. The third kappa shape index (κ3) is 2.90. The van der Waals surface area contributed by atoms with Gasteiger partial charge < -0.3 is 9.80 Å². The average Bonchev–Trinajstić information content (AvgIpc) is 3.16. The number of carbonyl (C=O) groups is 1. The number of benzene rings is 1. The quantitative estimate of drug-likeness (QED) is 0.702. The molecule has 1 saturated heterocycles. The van der Waals surface area contributed by atoms with E-state index in [0.717, 1.165) is 23.1 Å². The molecule has 1 aliphatic heterocycles. The molecule has 0 saturated carbocycles. The highest BCUT2D eigenvalue weighted by Gasteiger charge is 2.24. The Labute approximate surface area is 148 Å². The molecule has 0 radical (unpaired) electrons. The number of nitrogens with zero attached hydrogens (tertiary/aromatic N) is 6. The van der Waals surface area contributed by atoms with Crippen LogP contribution in [0, 0.1) is 11.3 Å². The van der Waals surface area contributed by atoms with Crippen molar-refractivity contribution in [3.63, 3.8) is 0 Å². The van der Waals surface area contributed by atoms with Crippen LogP contribution in [-0.4, -0.2) is 50.7 Å². The van der Waals surface area contributed by atoms with E-state index in [1.54, 1.807) is 18.3 Å². The molecule has 8 heteroatoms. The van der Waals surface area contributed by atoms with Crippen molar-refractivity contribution in [3.8, 4) is 6.07 Å². The van der Waals surface area contributed by atoms with Crippen LogP contribution < -0.4 is 4.90 Å². The first kappa shape index (κ1) is 15.5. The SMILES string of the molecule is N#Cc1ccc(N2CCN(C(=O)c3cccc4nsnc34)CC2)nc1. The summed E-state index contributed by atoms with van der Waals surface area (Å²) in [5, 5.41) is 8.85. The molecular weight excluding hydrogens is 336 g/mol. The maximum absolute atomic E-state index is 12.8. The minimum Gasteiger partial charge on any atom is -0.353 e. The fourth-order valence-corrected chi connectivity index (χ4v) is 3.48. The molecule has 0 unspecified atom stereocenters. The number of amides is 1. The first-order valence-electron chi connectivity index (χ1n) is 7.88. The summed E-state index contributed by atoms with van der Waals surface area (Å²) in [4.78, 5) is 21.1. The van der Waals surface area contributed by atoms with E-state index in [2.05, 4.69) is 24.7 Å². The first-order chi connectivity index (χ1) is 12.3. The summed E-state index contributed by atoms with van der Waals surface area (Å²) in [6.07, 6.45) is 1.57. The molecule has 3 heterocycles. The van der Waals surface area contributed by atoms with Crippen LogP contribution in [0.25, 0.3) is 11.0 Å². The van der Waals surface area contributed by atoms with Crippen LogP contribution in [0.2, 0.25) is 0 Å². The van der Waals surface area contributed by atoms with Gasteiger partial charge >= 0.3 is 0 Å². The van der Waals surface area contributed by atoms with Gasteiger partial charge in [-0.25, -0.2) is 4.98 Å². The molecule has 1 aromatic carbocycles. The van der Waals surface area contributed by atoms with Crippen LogP contribution in [0.4, 0.5) is 5.82 Å². The normalized spacial score (nSPS) is 14.5. The van der Waals surface area contributed by atoms with Gasteiger partial charge in [-0.15, -0.1) is 0 Å². The van der Waals surface area contributed by atoms with Crippen molar-refractivity contribution < 1.29 is 4.79 Å². The number of carbonyl (C=O) groups excluding carboxylic acids is 1. The number of hydrogen-bond acceptors (Lipinski definition) is 7. The second-order valence-electron chi connectivity index (χ2n) is 5.73. The Hall–Kier alpha value is -3.05. The predicted octanol–water partition coefficient (Wildman–Crippen LogP) is 1.92. The van der Waals surface area contributed by atoms with Gasteiger partial charge in [-0.2, -0.15) is 14.0 Å². The summed E-state index contributed by atoms with van der Waals surface area (Å²) in [7, 11) is 0. The largest absolute Gasteiger partial charge is 0.353 e. The van der Waals surface area contributed by atoms with Gasteiger partial charge in [0.2, 0.25) is 0 Å². The third-order valence-electron chi connectivity index (χ3n) is 4.28. The summed E-state index contributed by atoms with van der Waals surface area (Å²) in [5.74, 6) is 0.822. The maximum atomic E-state index is 12.8. The summed E-state index contributed by atoms with van der Waals surface area (Å²) < 4.78 is 8.44. The van der Waals surface area contributed by atoms with E-state index in [4.69, 9.17) is 5.26 Å². The monoisotopic (exact) mass is 350 g/mol. The van der Waals surface area contributed by atoms with Gasteiger partial charge in [-0.05, 0) is 24.3 Å². The van der Waals surface area contributed by atoms with E-state index in [9.17, 15) is 4.79 Å². The molecule has 25 heavy (non-hydrogen) atoms. The zero-order valence-electron chi connectivity index (χ0n) is 13.3. The molecule has 0 aliphatic carbocycles. The summed E-state index contributed by atoms with van der Waals surface area (Å²) in [6, 6.07) is 11.2. The number of pyridine rings is 1. The molecule has 2 aromatic heterocycles. The van der Waals surface area contributed by atoms with Gasteiger partial charge in [0.15, 0.2) is 0 Å². The standard InChI is InChI=1S/C17H14N6OS/c18-10-12-4-5-15(19-11-12)22-6-8-23(9-7-22)17(24)13-2-1-3-14-16(13)21-25-20-14/h1-5,11H,6-9H2. The van der Waals surface area contributed by atoms with Crippen molar-refractivity contribution in [1.82, 2.24) is 18.6 Å². The van der Waals surface area contributed by atoms with E-state index in [1.807, 2.05) is 23.1 Å². The minimum absolute atomic E-state index is 0.00858. The van der Waals surface area contributed by atoms with Gasteiger partial charge in [-0.3, -0.25) is 4.79 Å². The summed E-state index contributed by atoms with van der Waals surface area (Å²) in [6.45, 7) is 2.65. The number of hydrogen-bond donors (Lipinski definition) is 0. The van der Waals surface area contributed by atoms with Gasteiger partial charge in [0, 0.05) is 32.4 Å².